The van der Waals surface area contributed by atoms with E-state index in [1.807, 2.05) is 25.1 Å². The van der Waals surface area contributed by atoms with Crippen molar-refractivity contribution in [2.75, 3.05) is 7.11 Å². The van der Waals surface area contributed by atoms with Crippen LogP contribution in [0.4, 0.5) is 0 Å². The smallest absolute Gasteiger partial charge is 0.325 e. The summed E-state index contributed by atoms with van der Waals surface area (Å²) in [6, 6.07) is 5.55. The first-order valence-electron chi connectivity index (χ1n) is 5.79. The molecule has 0 unspecified atom stereocenters. The van der Waals surface area contributed by atoms with Gasteiger partial charge >= 0.3 is 5.97 Å². The van der Waals surface area contributed by atoms with Crippen LogP contribution in [0.15, 0.2) is 18.2 Å². The van der Waals surface area contributed by atoms with Gasteiger partial charge in [0, 0.05) is 5.56 Å². The van der Waals surface area contributed by atoms with E-state index in [0.717, 1.165) is 16.9 Å². The lowest BCUT2D eigenvalue weighted by atomic mass is 10.1. The average molecular weight is 261 g/mol. The zero-order valence-corrected chi connectivity index (χ0v) is 11.0. The maximum absolute atomic E-state index is 10.8. The van der Waals surface area contributed by atoms with E-state index in [1.165, 1.54) is 4.68 Å². The number of aromatic nitrogens is 3. The van der Waals surface area contributed by atoms with E-state index in [2.05, 4.69) is 10.1 Å². The van der Waals surface area contributed by atoms with Crippen molar-refractivity contribution in [1.82, 2.24) is 14.8 Å². The lowest BCUT2D eigenvalue weighted by Gasteiger charge is -2.08. The molecule has 1 N–H and O–H groups in total. The summed E-state index contributed by atoms with van der Waals surface area (Å²) in [5.74, 6) is 0.908. The Morgan fingerprint density at radius 3 is 2.74 bits per heavy atom. The minimum absolute atomic E-state index is 0.207. The summed E-state index contributed by atoms with van der Waals surface area (Å²) in [5, 5.41) is 13.0. The molecule has 0 saturated heterocycles. The van der Waals surface area contributed by atoms with E-state index >= 15 is 0 Å². The molecular weight excluding hydrogens is 246 g/mol. The van der Waals surface area contributed by atoms with Crippen molar-refractivity contribution in [1.29, 1.82) is 0 Å². The molecule has 100 valence electrons. The molecule has 0 amide bonds. The van der Waals surface area contributed by atoms with Crippen molar-refractivity contribution in [3.05, 3.63) is 29.6 Å². The molecule has 0 aliphatic heterocycles. The molecule has 0 fully saturated rings. The van der Waals surface area contributed by atoms with Gasteiger partial charge in [-0.1, -0.05) is 0 Å². The molecule has 2 aromatic rings. The van der Waals surface area contributed by atoms with Crippen LogP contribution in [0.5, 0.6) is 5.75 Å². The Hall–Kier alpha value is -2.37. The van der Waals surface area contributed by atoms with E-state index in [0.29, 0.717) is 11.6 Å². The first kappa shape index (κ1) is 13.1. The van der Waals surface area contributed by atoms with Crippen molar-refractivity contribution < 1.29 is 14.6 Å². The summed E-state index contributed by atoms with van der Waals surface area (Å²) < 4.78 is 6.54. The number of nitrogens with zero attached hydrogens (tertiary/aromatic N) is 3. The zero-order chi connectivity index (χ0) is 14.0. The minimum Gasteiger partial charge on any atom is -0.497 e. The van der Waals surface area contributed by atoms with Crippen LogP contribution in [0.25, 0.3) is 11.4 Å². The summed E-state index contributed by atoms with van der Waals surface area (Å²) in [4.78, 5) is 15.1. The number of rotatable bonds is 4. The van der Waals surface area contributed by atoms with E-state index in [1.54, 1.807) is 14.0 Å². The molecule has 0 atom stereocenters. The number of hydrogen-bond acceptors (Lipinski definition) is 4. The molecule has 19 heavy (non-hydrogen) atoms. The van der Waals surface area contributed by atoms with Crippen molar-refractivity contribution in [3.8, 4) is 17.1 Å². The molecule has 0 aliphatic rings. The Bertz CT molecular complexity index is 620. The topological polar surface area (TPSA) is 77.2 Å². The van der Waals surface area contributed by atoms with Crippen LogP contribution in [0.3, 0.4) is 0 Å². The third kappa shape index (κ3) is 2.73. The van der Waals surface area contributed by atoms with Crippen LogP contribution >= 0.6 is 0 Å². The molecule has 1 aromatic heterocycles. The highest BCUT2D eigenvalue weighted by Crippen LogP contribution is 2.25. The van der Waals surface area contributed by atoms with Crippen molar-refractivity contribution >= 4 is 5.97 Å². The number of carboxylic acids is 1. The van der Waals surface area contributed by atoms with Gasteiger partial charge in [-0.25, -0.2) is 9.67 Å². The Morgan fingerprint density at radius 2 is 2.16 bits per heavy atom. The normalized spacial score (nSPS) is 10.5. The average Bonchev–Trinajstić information content (AvgIpc) is 2.69. The molecule has 1 aromatic carbocycles. The quantitative estimate of drug-likeness (QED) is 0.905. The van der Waals surface area contributed by atoms with Crippen LogP contribution in [0.1, 0.15) is 11.4 Å². The summed E-state index contributed by atoms with van der Waals surface area (Å²) in [5.41, 5.74) is 1.81. The van der Waals surface area contributed by atoms with Gasteiger partial charge in [0.15, 0.2) is 5.82 Å². The molecule has 6 heteroatoms. The van der Waals surface area contributed by atoms with E-state index in [4.69, 9.17) is 9.84 Å². The number of aryl methyl sites for hydroxylation is 2. The molecule has 0 bridgehead atoms. The lowest BCUT2D eigenvalue weighted by Crippen LogP contribution is -2.12. The molecule has 2 rings (SSSR count). The van der Waals surface area contributed by atoms with Crippen molar-refractivity contribution in [2.24, 2.45) is 0 Å². The monoisotopic (exact) mass is 261 g/mol. The maximum Gasteiger partial charge on any atom is 0.325 e. The minimum atomic E-state index is -0.947. The largest absolute Gasteiger partial charge is 0.497 e. The third-order valence-corrected chi connectivity index (χ3v) is 2.74. The molecule has 1 heterocycles. The third-order valence-electron chi connectivity index (χ3n) is 2.74. The molecule has 0 spiro atoms. The Labute approximate surface area is 110 Å². The molecular formula is C13H15N3O3. The van der Waals surface area contributed by atoms with Gasteiger partial charge in [-0.2, -0.15) is 5.10 Å². The van der Waals surface area contributed by atoms with E-state index < -0.39 is 5.97 Å². The fourth-order valence-electron chi connectivity index (χ4n) is 1.91. The summed E-state index contributed by atoms with van der Waals surface area (Å²) in [7, 11) is 1.60. The van der Waals surface area contributed by atoms with Gasteiger partial charge in [0.25, 0.3) is 0 Å². The number of hydrogen-bond donors (Lipinski definition) is 1. The number of aliphatic carboxylic acids is 1. The van der Waals surface area contributed by atoms with Crippen molar-refractivity contribution in [3.63, 3.8) is 0 Å². The first-order valence-corrected chi connectivity index (χ1v) is 5.79. The summed E-state index contributed by atoms with van der Waals surface area (Å²) >= 11 is 0. The van der Waals surface area contributed by atoms with Gasteiger partial charge in [0.2, 0.25) is 0 Å². The standard InChI is InChI=1S/C13H15N3O3/c1-8-6-10(19-3)4-5-11(8)13-14-9(2)15-16(13)7-12(17)18/h4-6H,7H2,1-3H3,(H,17,18). The number of ether oxygens (including phenoxy) is 1. The second kappa shape index (κ2) is 5.09. The molecule has 0 saturated carbocycles. The van der Waals surface area contributed by atoms with Crippen LogP contribution < -0.4 is 4.74 Å². The number of benzene rings is 1. The van der Waals surface area contributed by atoms with E-state index in [9.17, 15) is 4.79 Å². The van der Waals surface area contributed by atoms with Gasteiger partial charge < -0.3 is 9.84 Å². The second-order valence-electron chi connectivity index (χ2n) is 4.21. The molecule has 6 nitrogen and oxygen atoms in total. The number of carbonyl (C=O) groups is 1. The fraction of sp³-hybridized carbons (Fsp3) is 0.308. The first-order chi connectivity index (χ1) is 9.01. The number of methoxy groups -OCH3 is 1. The molecule has 0 aliphatic carbocycles. The Morgan fingerprint density at radius 1 is 1.42 bits per heavy atom. The van der Waals surface area contributed by atoms with Gasteiger partial charge in [0.05, 0.1) is 7.11 Å². The highest BCUT2D eigenvalue weighted by atomic mass is 16.5. The summed E-state index contributed by atoms with van der Waals surface area (Å²) in [6.45, 7) is 3.45. The van der Waals surface area contributed by atoms with Gasteiger partial charge in [-0.3, -0.25) is 4.79 Å². The zero-order valence-electron chi connectivity index (χ0n) is 11.0. The van der Waals surface area contributed by atoms with Crippen LogP contribution in [-0.4, -0.2) is 33.0 Å². The Kier molecular flexibility index (Phi) is 3.50. The SMILES string of the molecule is COc1ccc(-c2nc(C)nn2CC(=O)O)c(C)c1. The van der Waals surface area contributed by atoms with Gasteiger partial charge in [0.1, 0.15) is 18.1 Å². The number of carboxylic acid groups (broad SMARTS) is 1. The highest BCUT2D eigenvalue weighted by Gasteiger charge is 2.14. The van der Waals surface area contributed by atoms with Crippen LogP contribution in [0, 0.1) is 13.8 Å². The maximum atomic E-state index is 10.8. The van der Waals surface area contributed by atoms with Crippen LogP contribution in [-0.2, 0) is 11.3 Å². The predicted molar refractivity (Wildman–Crippen MR) is 69.1 cm³/mol. The van der Waals surface area contributed by atoms with Crippen molar-refractivity contribution in [2.45, 2.75) is 20.4 Å². The second-order valence-corrected chi connectivity index (χ2v) is 4.21. The fourth-order valence-corrected chi connectivity index (χ4v) is 1.91. The Balaban J connectivity index is 2.49. The highest BCUT2D eigenvalue weighted by molar-refractivity contribution is 5.68. The predicted octanol–water partition coefficient (Wildman–Crippen LogP) is 1.66. The molecule has 0 radical (unpaired) electrons. The van der Waals surface area contributed by atoms with Gasteiger partial charge in [-0.05, 0) is 37.6 Å². The van der Waals surface area contributed by atoms with Gasteiger partial charge in [-0.15, -0.1) is 0 Å². The van der Waals surface area contributed by atoms with Crippen LogP contribution in [0.2, 0.25) is 0 Å². The summed E-state index contributed by atoms with van der Waals surface area (Å²) in [6.07, 6.45) is 0. The van der Waals surface area contributed by atoms with E-state index in [-0.39, 0.29) is 6.54 Å². The lowest BCUT2D eigenvalue weighted by molar-refractivity contribution is -0.137.